The molecule has 5 nitrogen and oxygen atoms in total. The molecule has 0 aromatic heterocycles. The Labute approximate surface area is 218 Å². The Balaban J connectivity index is 1.65. The lowest BCUT2D eigenvalue weighted by molar-refractivity contribution is -0.0167. The van der Waals surface area contributed by atoms with E-state index >= 15 is 0 Å². The SMILES string of the molecule is COc1cc2c(cc1OC)C(Cc1ccc(Br)cc1)N(C(=O)O[C@H]1C[C@@H](C)CC[C@@H]1C(C)C)CC2. The second-order valence-electron chi connectivity index (χ2n) is 10.4. The minimum Gasteiger partial charge on any atom is -0.493 e. The third-order valence-corrected chi connectivity index (χ3v) is 8.32. The van der Waals surface area contributed by atoms with Crippen LogP contribution in [0.2, 0.25) is 0 Å². The summed E-state index contributed by atoms with van der Waals surface area (Å²) in [7, 11) is 3.31. The van der Waals surface area contributed by atoms with E-state index in [0.717, 1.165) is 35.0 Å². The number of rotatable bonds is 6. The number of carbonyl (C=O) groups excluding carboxylic acids is 1. The largest absolute Gasteiger partial charge is 0.493 e. The van der Waals surface area contributed by atoms with Crippen molar-refractivity contribution in [1.29, 1.82) is 0 Å². The molecule has 4 rings (SSSR count). The number of nitrogens with zero attached hydrogens (tertiary/aromatic N) is 1. The number of methoxy groups -OCH3 is 2. The number of benzene rings is 2. The summed E-state index contributed by atoms with van der Waals surface area (Å²) in [6, 6.07) is 12.3. The summed E-state index contributed by atoms with van der Waals surface area (Å²) in [5.74, 6) is 2.91. The first kappa shape index (κ1) is 25.9. The minimum atomic E-state index is -0.197. The average Bonchev–Trinajstić information content (AvgIpc) is 2.84. The summed E-state index contributed by atoms with van der Waals surface area (Å²) < 4.78 is 18.5. The third kappa shape index (κ3) is 5.79. The molecule has 1 aliphatic carbocycles. The van der Waals surface area contributed by atoms with Gasteiger partial charge in [0.15, 0.2) is 11.5 Å². The molecule has 0 radical (unpaired) electrons. The molecule has 35 heavy (non-hydrogen) atoms. The Bertz CT molecular complexity index is 1020. The van der Waals surface area contributed by atoms with Gasteiger partial charge in [0, 0.05) is 11.0 Å². The molecule has 1 aliphatic heterocycles. The monoisotopic (exact) mass is 543 g/mol. The molecule has 1 fully saturated rings. The van der Waals surface area contributed by atoms with Crippen molar-refractivity contribution in [3.8, 4) is 11.5 Å². The molecule has 1 unspecified atom stereocenters. The van der Waals surface area contributed by atoms with Gasteiger partial charge < -0.3 is 19.1 Å². The van der Waals surface area contributed by atoms with Gasteiger partial charge in [0.1, 0.15) is 6.10 Å². The van der Waals surface area contributed by atoms with Crippen LogP contribution >= 0.6 is 15.9 Å². The van der Waals surface area contributed by atoms with Gasteiger partial charge in [-0.2, -0.15) is 0 Å². The van der Waals surface area contributed by atoms with Crippen molar-refractivity contribution in [2.24, 2.45) is 17.8 Å². The van der Waals surface area contributed by atoms with Crippen LogP contribution in [-0.2, 0) is 17.6 Å². The Morgan fingerprint density at radius 3 is 2.43 bits per heavy atom. The van der Waals surface area contributed by atoms with E-state index in [1.807, 2.05) is 23.1 Å². The van der Waals surface area contributed by atoms with Crippen molar-refractivity contribution >= 4 is 22.0 Å². The van der Waals surface area contributed by atoms with Crippen LogP contribution in [0.5, 0.6) is 11.5 Å². The molecule has 0 saturated heterocycles. The molecule has 2 aromatic carbocycles. The molecule has 1 heterocycles. The number of carbonyl (C=O) groups is 1. The van der Waals surface area contributed by atoms with Crippen LogP contribution in [0.25, 0.3) is 0 Å². The van der Waals surface area contributed by atoms with Crippen LogP contribution in [0.4, 0.5) is 4.79 Å². The van der Waals surface area contributed by atoms with Gasteiger partial charge in [-0.25, -0.2) is 4.79 Å². The molecule has 1 saturated carbocycles. The lowest BCUT2D eigenvalue weighted by Crippen LogP contribution is -2.45. The van der Waals surface area contributed by atoms with Gasteiger partial charge in [-0.1, -0.05) is 55.3 Å². The van der Waals surface area contributed by atoms with Gasteiger partial charge >= 0.3 is 6.09 Å². The smallest absolute Gasteiger partial charge is 0.410 e. The van der Waals surface area contributed by atoms with Gasteiger partial charge in [0.25, 0.3) is 0 Å². The van der Waals surface area contributed by atoms with E-state index in [-0.39, 0.29) is 18.2 Å². The van der Waals surface area contributed by atoms with Crippen molar-refractivity contribution < 1.29 is 19.0 Å². The van der Waals surface area contributed by atoms with Crippen LogP contribution in [0.1, 0.15) is 62.8 Å². The Morgan fingerprint density at radius 1 is 1.09 bits per heavy atom. The van der Waals surface area contributed by atoms with Gasteiger partial charge in [-0.05, 0) is 84.4 Å². The highest BCUT2D eigenvalue weighted by atomic mass is 79.9. The van der Waals surface area contributed by atoms with E-state index in [1.165, 1.54) is 17.5 Å². The van der Waals surface area contributed by atoms with Crippen LogP contribution in [0.3, 0.4) is 0 Å². The maximum Gasteiger partial charge on any atom is 0.410 e. The number of ether oxygens (including phenoxy) is 3. The zero-order chi connectivity index (χ0) is 25.1. The highest BCUT2D eigenvalue weighted by Gasteiger charge is 2.38. The maximum absolute atomic E-state index is 13.7. The van der Waals surface area contributed by atoms with Gasteiger partial charge in [0.2, 0.25) is 0 Å². The van der Waals surface area contributed by atoms with Crippen molar-refractivity contribution in [1.82, 2.24) is 4.90 Å². The molecule has 2 aliphatic rings. The summed E-state index contributed by atoms with van der Waals surface area (Å²) in [4.78, 5) is 15.7. The molecule has 190 valence electrons. The molecular formula is C29H38BrNO4. The summed E-state index contributed by atoms with van der Waals surface area (Å²) in [5, 5.41) is 0. The standard InChI is InChI=1S/C29H38BrNO4/c1-18(2)23-11-6-19(3)14-26(23)35-29(32)31-13-12-21-16-27(33-4)28(34-5)17-24(21)25(31)15-20-7-9-22(30)10-8-20/h7-10,16-19,23,25-26H,6,11-15H2,1-5H3/t19-,23+,25?,26-/m0/s1. The summed E-state index contributed by atoms with van der Waals surface area (Å²) in [6.45, 7) is 7.38. The quantitative estimate of drug-likeness (QED) is 0.386. The summed E-state index contributed by atoms with van der Waals surface area (Å²) in [5.41, 5.74) is 3.47. The van der Waals surface area contributed by atoms with Crippen LogP contribution in [-0.4, -0.2) is 37.9 Å². The van der Waals surface area contributed by atoms with E-state index in [9.17, 15) is 4.79 Å². The fourth-order valence-corrected chi connectivity index (χ4v) is 6.02. The predicted molar refractivity (Wildman–Crippen MR) is 142 cm³/mol. The zero-order valence-electron chi connectivity index (χ0n) is 21.6. The number of fused-ring (bicyclic) bond motifs is 1. The summed E-state index contributed by atoms with van der Waals surface area (Å²) in [6.07, 6.45) is 4.53. The van der Waals surface area contributed by atoms with E-state index in [1.54, 1.807) is 14.2 Å². The number of halogens is 1. The van der Waals surface area contributed by atoms with Gasteiger partial charge in [0.05, 0.1) is 20.3 Å². The molecule has 6 heteroatoms. The van der Waals surface area contributed by atoms with E-state index in [2.05, 4.69) is 54.9 Å². The number of hydrogen-bond acceptors (Lipinski definition) is 4. The van der Waals surface area contributed by atoms with Gasteiger partial charge in [-0.15, -0.1) is 0 Å². The first-order valence-electron chi connectivity index (χ1n) is 12.8. The topological polar surface area (TPSA) is 48.0 Å². The molecule has 0 N–H and O–H groups in total. The van der Waals surface area contributed by atoms with Crippen LogP contribution < -0.4 is 9.47 Å². The number of amides is 1. The molecule has 0 bridgehead atoms. The van der Waals surface area contributed by atoms with Crippen molar-refractivity contribution in [3.63, 3.8) is 0 Å². The maximum atomic E-state index is 13.7. The first-order valence-corrected chi connectivity index (χ1v) is 13.6. The zero-order valence-corrected chi connectivity index (χ0v) is 23.1. The van der Waals surface area contributed by atoms with E-state index in [0.29, 0.717) is 36.5 Å². The predicted octanol–water partition coefficient (Wildman–Crippen LogP) is 7.21. The normalized spacial score (nSPS) is 24.1. The second-order valence-corrected chi connectivity index (χ2v) is 11.4. The second kappa shape index (κ2) is 11.2. The lowest BCUT2D eigenvalue weighted by Gasteiger charge is -2.41. The minimum absolute atomic E-state index is 0.0219. The molecule has 2 aromatic rings. The average molecular weight is 545 g/mol. The highest BCUT2D eigenvalue weighted by Crippen LogP contribution is 2.41. The van der Waals surface area contributed by atoms with Crippen LogP contribution in [0.15, 0.2) is 40.9 Å². The van der Waals surface area contributed by atoms with Crippen LogP contribution in [0, 0.1) is 17.8 Å². The highest BCUT2D eigenvalue weighted by molar-refractivity contribution is 9.10. The Morgan fingerprint density at radius 2 is 1.77 bits per heavy atom. The number of hydrogen-bond donors (Lipinski definition) is 0. The summed E-state index contributed by atoms with van der Waals surface area (Å²) >= 11 is 3.53. The molecule has 0 spiro atoms. The molecule has 4 atom stereocenters. The van der Waals surface area contributed by atoms with Gasteiger partial charge in [-0.3, -0.25) is 0 Å². The molecule has 1 amide bonds. The lowest BCUT2D eigenvalue weighted by atomic mass is 9.75. The molecular weight excluding hydrogens is 506 g/mol. The fraction of sp³-hybridized carbons (Fsp3) is 0.552. The Kier molecular flexibility index (Phi) is 8.31. The van der Waals surface area contributed by atoms with Crippen molar-refractivity contribution in [2.75, 3.05) is 20.8 Å². The Hall–Kier alpha value is -2.21. The third-order valence-electron chi connectivity index (χ3n) is 7.79. The van der Waals surface area contributed by atoms with E-state index < -0.39 is 0 Å². The van der Waals surface area contributed by atoms with E-state index in [4.69, 9.17) is 14.2 Å². The fourth-order valence-electron chi connectivity index (χ4n) is 5.76. The first-order chi connectivity index (χ1) is 16.8. The van der Waals surface area contributed by atoms with Crippen molar-refractivity contribution in [2.45, 2.75) is 65.0 Å². The van der Waals surface area contributed by atoms with Crippen molar-refractivity contribution in [3.05, 3.63) is 57.6 Å².